The molecular weight excluding hydrogens is 300 g/mol. The van der Waals surface area contributed by atoms with Gasteiger partial charge in [0.1, 0.15) is 0 Å². The molecule has 2 aliphatic carbocycles. The van der Waals surface area contributed by atoms with Crippen molar-refractivity contribution in [1.82, 2.24) is 0 Å². The molecule has 1 saturated carbocycles. The molecule has 0 saturated heterocycles. The molecule has 2 aliphatic rings. The Kier molecular flexibility index (Phi) is 2.79. The highest BCUT2D eigenvalue weighted by molar-refractivity contribution is 9.10. The Morgan fingerprint density at radius 2 is 1.83 bits per heavy atom. The van der Waals surface area contributed by atoms with Crippen molar-refractivity contribution < 1.29 is 8.78 Å². The second-order valence-electron chi connectivity index (χ2n) is 5.72. The van der Waals surface area contributed by atoms with E-state index in [1.54, 1.807) is 0 Å². The van der Waals surface area contributed by atoms with E-state index in [9.17, 15) is 8.78 Å². The van der Waals surface area contributed by atoms with Gasteiger partial charge in [-0.3, -0.25) is 0 Å². The normalized spacial score (nSPS) is 28.3. The number of halogens is 3. The Morgan fingerprint density at radius 1 is 1.17 bits per heavy atom. The van der Waals surface area contributed by atoms with Crippen LogP contribution in [0.15, 0.2) is 22.7 Å². The summed E-state index contributed by atoms with van der Waals surface area (Å²) in [5, 5.41) is 0. The summed E-state index contributed by atoms with van der Waals surface area (Å²) in [6.07, 6.45) is 1.89. The van der Waals surface area contributed by atoms with E-state index in [1.807, 2.05) is 12.1 Å². The number of hydrogen-bond acceptors (Lipinski definition) is 1. The van der Waals surface area contributed by atoms with Crippen molar-refractivity contribution in [1.29, 1.82) is 0 Å². The molecular formula is C14H16BrF2N. The van der Waals surface area contributed by atoms with E-state index in [-0.39, 0.29) is 24.3 Å². The topological polar surface area (TPSA) is 26.0 Å². The molecule has 0 radical (unpaired) electrons. The van der Waals surface area contributed by atoms with E-state index in [1.165, 1.54) is 5.56 Å². The van der Waals surface area contributed by atoms with Crippen molar-refractivity contribution in [2.45, 2.75) is 44.1 Å². The predicted octanol–water partition coefficient (Wildman–Crippen LogP) is 4.20. The smallest absolute Gasteiger partial charge is 0.248 e. The summed E-state index contributed by atoms with van der Waals surface area (Å²) < 4.78 is 27.6. The Labute approximate surface area is 114 Å². The molecule has 1 spiro atoms. The fourth-order valence-electron chi connectivity index (χ4n) is 3.44. The van der Waals surface area contributed by atoms with Crippen molar-refractivity contribution in [2.24, 2.45) is 11.1 Å². The van der Waals surface area contributed by atoms with Crippen molar-refractivity contribution in [3.63, 3.8) is 0 Å². The average molecular weight is 316 g/mol. The van der Waals surface area contributed by atoms with Gasteiger partial charge in [-0.2, -0.15) is 0 Å². The molecule has 3 rings (SSSR count). The summed E-state index contributed by atoms with van der Waals surface area (Å²) in [4.78, 5) is 0. The van der Waals surface area contributed by atoms with Gasteiger partial charge in [0.05, 0.1) is 0 Å². The van der Waals surface area contributed by atoms with Crippen LogP contribution in [0.3, 0.4) is 0 Å². The van der Waals surface area contributed by atoms with E-state index >= 15 is 0 Å². The molecule has 1 nitrogen and oxygen atoms in total. The molecule has 1 aromatic rings. The molecule has 0 aliphatic heterocycles. The zero-order valence-electron chi connectivity index (χ0n) is 10.1. The van der Waals surface area contributed by atoms with Gasteiger partial charge in [0.15, 0.2) is 0 Å². The van der Waals surface area contributed by atoms with Gasteiger partial charge in [-0.05, 0) is 47.9 Å². The number of rotatable bonds is 0. The molecule has 1 atom stereocenters. The largest absolute Gasteiger partial charge is 0.323 e. The summed E-state index contributed by atoms with van der Waals surface area (Å²) in [6, 6.07) is 6.02. The van der Waals surface area contributed by atoms with E-state index in [0.717, 1.165) is 16.5 Å². The molecule has 2 N–H and O–H groups in total. The quantitative estimate of drug-likeness (QED) is 0.763. The number of nitrogens with two attached hydrogens (primary N) is 1. The summed E-state index contributed by atoms with van der Waals surface area (Å²) in [6.45, 7) is 0. The number of fused-ring (bicyclic) bond motifs is 1. The van der Waals surface area contributed by atoms with Crippen LogP contribution in [0.25, 0.3) is 0 Å². The lowest BCUT2D eigenvalue weighted by Crippen LogP contribution is -2.39. The summed E-state index contributed by atoms with van der Waals surface area (Å²) >= 11 is 3.45. The minimum atomic E-state index is -2.49. The maximum Gasteiger partial charge on any atom is 0.248 e. The molecule has 0 aromatic heterocycles. The fraction of sp³-hybridized carbons (Fsp3) is 0.571. The second kappa shape index (κ2) is 4.01. The molecule has 1 fully saturated rings. The lowest BCUT2D eigenvalue weighted by atomic mass is 9.68. The van der Waals surface area contributed by atoms with Crippen LogP contribution in [-0.4, -0.2) is 5.92 Å². The van der Waals surface area contributed by atoms with Gasteiger partial charge in [0.2, 0.25) is 5.92 Å². The maximum absolute atomic E-state index is 13.3. The van der Waals surface area contributed by atoms with E-state index in [2.05, 4.69) is 22.0 Å². The van der Waals surface area contributed by atoms with Gasteiger partial charge in [-0.1, -0.05) is 22.0 Å². The van der Waals surface area contributed by atoms with Gasteiger partial charge >= 0.3 is 0 Å². The van der Waals surface area contributed by atoms with Crippen molar-refractivity contribution in [3.05, 3.63) is 33.8 Å². The Morgan fingerprint density at radius 3 is 2.50 bits per heavy atom. The molecule has 4 heteroatoms. The van der Waals surface area contributed by atoms with E-state index < -0.39 is 5.92 Å². The van der Waals surface area contributed by atoms with E-state index in [0.29, 0.717) is 12.8 Å². The average Bonchev–Trinajstić information content (AvgIpc) is 2.58. The number of hydrogen-bond donors (Lipinski definition) is 1. The lowest BCUT2D eigenvalue weighted by molar-refractivity contribution is -0.0702. The molecule has 18 heavy (non-hydrogen) atoms. The number of alkyl halides is 2. The second-order valence-corrected chi connectivity index (χ2v) is 6.63. The van der Waals surface area contributed by atoms with Crippen LogP contribution < -0.4 is 5.73 Å². The van der Waals surface area contributed by atoms with Crippen LogP contribution in [-0.2, 0) is 6.42 Å². The fourth-order valence-corrected chi connectivity index (χ4v) is 3.82. The zero-order chi connectivity index (χ0) is 13.0. The molecule has 1 aromatic carbocycles. The van der Waals surface area contributed by atoms with Crippen LogP contribution in [0, 0.1) is 5.41 Å². The third-order valence-corrected chi connectivity index (χ3v) is 5.12. The molecule has 0 amide bonds. The van der Waals surface area contributed by atoms with Gasteiger partial charge < -0.3 is 5.73 Å². The minimum absolute atomic E-state index is 0.0180. The van der Waals surface area contributed by atoms with Crippen LogP contribution in [0.1, 0.15) is 42.9 Å². The minimum Gasteiger partial charge on any atom is -0.323 e. The summed E-state index contributed by atoms with van der Waals surface area (Å²) in [5.74, 6) is -2.49. The number of benzene rings is 1. The van der Waals surface area contributed by atoms with Crippen molar-refractivity contribution >= 4 is 15.9 Å². The third kappa shape index (κ3) is 1.90. The third-order valence-electron chi connectivity index (χ3n) is 4.62. The first-order chi connectivity index (χ1) is 8.42. The molecule has 1 unspecified atom stereocenters. The molecule has 0 bridgehead atoms. The molecule has 0 heterocycles. The van der Waals surface area contributed by atoms with Gasteiger partial charge in [-0.25, -0.2) is 8.78 Å². The van der Waals surface area contributed by atoms with Crippen LogP contribution in [0.4, 0.5) is 8.78 Å². The highest BCUT2D eigenvalue weighted by Crippen LogP contribution is 2.55. The predicted molar refractivity (Wildman–Crippen MR) is 70.6 cm³/mol. The Balaban J connectivity index is 1.90. The van der Waals surface area contributed by atoms with Gasteiger partial charge in [0.25, 0.3) is 0 Å². The Hall–Kier alpha value is -0.480. The summed E-state index contributed by atoms with van der Waals surface area (Å²) in [7, 11) is 0. The van der Waals surface area contributed by atoms with Crippen molar-refractivity contribution in [2.75, 3.05) is 0 Å². The van der Waals surface area contributed by atoms with Gasteiger partial charge in [-0.15, -0.1) is 0 Å². The molecule has 98 valence electrons. The summed E-state index contributed by atoms with van der Waals surface area (Å²) in [5.41, 5.74) is 8.58. The standard InChI is InChI=1S/C14H16BrF2N/c15-10-2-1-9-8-13(12(18)11(9)7-10)3-5-14(16,17)6-4-13/h1-2,7,12H,3-6,8,18H2. The Bertz CT molecular complexity index is 477. The highest BCUT2D eigenvalue weighted by atomic mass is 79.9. The SMILES string of the molecule is NC1c2cc(Br)ccc2CC12CCC(F)(F)CC2. The lowest BCUT2D eigenvalue weighted by Gasteiger charge is -2.40. The van der Waals surface area contributed by atoms with Crippen LogP contribution in [0.2, 0.25) is 0 Å². The first kappa shape index (κ1) is 12.5. The van der Waals surface area contributed by atoms with Crippen molar-refractivity contribution in [3.8, 4) is 0 Å². The first-order valence-electron chi connectivity index (χ1n) is 6.34. The van der Waals surface area contributed by atoms with Gasteiger partial charge in [0, 0.05) is 23.4 Å². The van der Waals surface area contributed by atoms with Crippen LogP contribution >= 0.6 is 15.9 Å². The van der Waals surface area contributed by atoms with Crippen LogP contribution in [0.5, 0.6) is 0 Å². The van der Waals surface area contributed by atoms with E-state index in [4.69, 9.17) is 5.73 Å². The highest BCUT2D eigenvalue weighted by Gasteiger charge is 2.50. The zero-order valence-corrected chi connectivity index (χ0v) is 11.6. The maximum atomic E-state index is 13.3. The first-order valence-corrected chi connectivity index (χ1v) is 7.13. The monoisotopic (exact) mass is 315 g/mol.